The predicted octanol–water partition coefficient (Wildman–Crippen LogP) is 1.50. The Labute approximate surface area is 105 Å². The summed E-state index contributed by atoms with van der Waals surface area (Å²) in [6, 6.07) is 0. The second-order valence-corrected chi connectivity index (χ2v) is 4.25. The molecule has 0 radical (unpaired) electrons. The number of ether oxygens (including phenoxy) is 1. The molecular weight excluding hydrogens is 240 g/mol. The molecule has 0 fully saturated rings. The van der Waals surface area contributed by atoms with Crippen LogP contribution in [0.4, 0.5) is 11.5 Å². The van der Waals surface area contributed by atoms with Crippen LogP contribution in [0.5, 0.6) is 0 Å². The fourth-order valence-electron chi connectivity index (χ4n) is 1.84. The van der Waals surface area contributed by atoms with Gasteiger partial charge in [-0.25, -0.2) is 9.97 Å². The topological polar surface area (TPSA) is 64.3 Å². The number of halogens is 1. The number of nitrogens with zero attached hydrogens (tertiary/aromatic N) is 3. The maximum Gasteiger partial charge on any atom is 0.157 e. The second-order valence-electron chi connectivity index (χ2n) is 3.89. The molecule has 0 saturated heterocycles. The first kappa shape index (κ1) is 12.1. The highest BCUT2D eigenvalue weighted by Gasteiger charge is 2.17. The van der Waals surface area contributed by atoms with E-state index in [1.54, 1.807) is 7.11 Å². The van der Waals surface area contributed by atoms with Crippen molar-refractivity contribution in [2.75, 3.05) is 37.4 Å². The van der Waals surface area contributed by atoms with E-state index in [-0.39, 0.29) is 0 Å². The zero-order valence-corrected chi connectivity index (χ0v) is 10.4. The third kappa shape index (κ3) is 2.68. The summed E-state index contributed by atoms with van der Waals surface area (Å²) >= 11 is 5.87. The number of aromatic nitrogens is 2. The van der Waals surface area contributed by atoms with E-state index in [2.05, 4.69) is 20.9 Å². The van der Waals surface area contributed by atoms with Gasteiger partial charge in [0.1, 0.15) is 12.0 Å². The van der Waals surface area contributed by atoms with Crippen molar-refractivity contribution < 1.29 is 4.74 Å². The van der Waals surface area contributed by atoms with Crippen LogP contribution in [-0.4, -0.2) is 36.8 Å². The van der Waals surface area contributed by atoms with Crippen LogP contribution < -0.4 is 10.6 Å². The number of rotatable bonds is 3. The van der Waals surface area contributed by atoms with Crippen molar-refractivity contribution in [3.63, 3.8) is 0 Å². The molecule has 0 atom stereocenters. The lowest BCUT2D eigenvalue weighted by atomic mass is 10.1. The van der Waals surface area contributed by atoms with Gasteiger partial charge in [-0.1, -0.05) is 17.7 Å². The smallest absolute Gasteiger partial charge is 0.157 e. The molecule has 0 spiro atoms. The van der Waals surface area contributed by atoms with Crippen molar-refractivity contribution in [3.05, 3.63) is 23.1 Å². The second kappa shape index (κ2) is 5.33. The highest BCUT2D eigenvalue weighted by molar-refractivity contribution is 6.32. The molecule has 0 bridgehead atoms. The zero-order chi connectivity index (χ0) is 12.3. The minimum atomic E-state index is 0.307. The summed E-state index contributed by atoms with van der Waals surface area (Å²) in [7, 11) is 1.70. The summed E-state index contributed by atoms with van der Waals surface area (Å²) in [5.41, 5.74) is 7.61. The van der Waals surface area contributed by atoms with Gasteiger partial charge < -0.3 is 15.4 Å². The lowest BCUT2D eigenvalue weighted by molar-refractivity contribution is 0.222. The third-order valence-corrected chi connectivity index (χ3v) is 3.05. The normalized spacial score (nSPS) is 15.9. The van der Waals surface area contributed by atoms with Crippen LogP contribution in [0.3, 0.4) is 0 Å². The van der Waals surface area contributed by atoms with E-state index in [4.69, 9.17) is 22.1 Å². The first-order chi connectivity index (χ1) is 8.22. The minimum Gasteiger partial charge on any atom is -0.393 e. The van der Waals surface area contributed by atoms with E-state index in [0.29, 0.717) is 23.3 Å². The molecule has 0 aromatic carbocycles. The highest BCUT2D eigenvalue weighted by Crippen LogP contribution is 2.27. The molecule has 1 aliphatic heterocycles. The highest BCUT2D eigenvalue weighted by atomic mass is 35.5. The molecule has 1 aliphatic rings. The Hall–Kier alpha value is -1.33. The van der Waals surface area contributed by atoms with Crippen LogP contribution in [0.25, 0.3) is 0 Å². The van der Waals surface area contributed by atoms with E-state index in [9.17, 15) is 0 Å². The van der Waals surface area contributed by atoms with Crippen molar-refractivity contribution in [1.29, 1.82) is 0 Å². The molecule has 5 nitrogen and oxygen atoms in total. The Kier molecular flexibility index (Phi) is 3.81. The van der Waals surface area contributed by atoms with Crippen molar-refractivity contribution in [2.24, 2.45) is 0 Å². The maximum absolute atomic E-state index is 5.87. The zero-order valence-electron chi connectivity index (χ0n) is 9.69. The van der Waals surface area contributed by atoms with Gasteiger partial charge in [0.2, 0.25) is 0 Å². The molecule has 2 heterocycles. The van der Waals surface area contributed by atoms with Gasteiger partial charge in [-0.05, 0) is 12.0 Å². The van der Waals surface area contributed by atoms with Crippen molar-refractivity contribution in [2.45, 2.75) is 6.42 Å². The van der Waals surface area contributed by atoms with Crippen LogP contribution in [0.2, 0.25) is 5.15 Å². The monoisotopic (exact) mass is 254 g/mol. The third-order valence-electron chi connectivity index (χ3n) is 2.75. The Balaban J connectivity index is 2.13. The van der Waals surface area contributed by atoms with Crippen LogP contribution in [0.15, 0.2) is 18.0 Å². The van der Waals surface area contributed by atoms with Gasteiger partial charge in [0, 0.05) is 20.2 Å². The van der Waals surface area contributed by atoms with Crippen LogP contribution in [-0.2, 0) is 4.74 Å². The van der Waals surface area contributed by atoms with Crippen molar-refractivity contribution >= 4 is 23.1 Å². The van der Waals surface area contributed by atoms with E-state index >= 15 is 0 Å². The SMILES string of the molecule is COCC1=CCN(c2ncnc(Cl)c2N)CC1. The van der Waals surface area contributed by atoms with Gasteiger partial charge in [0.15, 0.2) is 11.0 Å². The van der Waals surface area contributed by atoms with E-state index in [1.807, 2.05) is 0 Å². The summed E-state index contributed by atoms with van der Waals surface area (Å²) in [4.78, 5) is 10.1. The molecule has 0 amide bonds. The molecule has 92 valence electrons. The number of anilines is 2. The number of hydrogen-bond acceptors (Lipinski definition) is 5. The fourth-order valence-corrected chi connectivity index (χ4v) is 1.97. The molecule has 2 rings (SSSR count). The summed E-state index contributed by atoms with van der Waals surface area (Å²) < 4.78 is 5.11. The van der Waals surface area contributed by atoms with Gasteiger partial charge in [-0.2, -0.15) is 0 Å². The summed E-state index contributed by atoms with van der Waals surface area (Å²) in [5, 5.41) is 0.307. The molecule has 0 aliphatic carbocycles. The predicted molar refractivity (Wildman–Crippen MR) is 68.2 cm³/mol. The molecule has 0 unspecified atom stereocenters. The number of nitrogens with two attached hydrogens (primary N) is 1. The maximum atomic E-state index is 5.87. The molecule has 1 aromatic rings. The van der Waals surface area contributed by atoms with Crippen molar-refractivity contribution in [3.8, 4) is 0 Å². The van der Waals surface area contributed by atoms with E-state index < -0.39 is 0 Å². The number of nitrogen functional groups attached to an aromatic ring is 1. The lowest BCUT2D eigenvalue weighted by Gasteiger charge is -2.28. The Morgan fingerprint density at radius 2 is 2.35 bits per heavy atom. The van der Waals surface area contributed by atoms with Crippen LogP contribution in [0, 0.1) is 0 Å². The molecular formula is C11H15ClN4O. The van der Waals surface area contributed by atoms with Crippen molar-refractivity contribution in [1.82, 2.24) is 9.97 Å². The Morgan fingerprint density at radius 1 is 1.53 bits per heavy atom. The van der Waals surface area contributed by atoms with Crippen LogP contribution >= 0.6 is 11.6 Å². The summed E-state index contributed by atoms with van der Waals surface area (Å²) in [6.07, 6.45) is 4.53. The van der Waals surface area contributed by atoms with Gasteiger partial charge in [-0.3, -0.25) is 0 Å². The van der Waals surface area contributed by atoms with Crippen LogP contribution in [0.1, 0.15) is 6.42 Å². The van der Waals surface area contributed by atoms with Gasteiger partial charge in [-0.15, -0.1) is 0 Å². The first-order valence-corrected chi connectivity index (χ1v) is 5.78. The first-order valence-electron chi connectivity index (χ1n) is 5.40. The molecule has 6 heteroatoms. The minimum absolute atomic E-state index is 0.307. The van der Waals surface area contributed by atoms with E-state index in [1.165, 1.54) is 11.9 Å². The number of methoxy groups -OCH3 is 1. The molecule has 17 heavy (non-hydrogen) atoms. The average molecular weight is 255 g/mol. The molecule has 1 aromatic heterocycles. The van der Waals surface area contributed by atoms with E-state index in [0.717, 1.165) is 19.5 Å². The molecule has 2 N–H and O–H groups in total. The average Bonchev–Trinajstić information content (AvgIpc) is 2.34. The largest absolute Gasteiger partial charge is 0.393 e. The van der Waals surface area contributed by atoms with Gasteiger partial charge in [0.25, 0.3) is 0 Å². The quantitative estimate of drug-likeness (QED) is 0.654. The Morgan fingerprint density at radius 3 is 3.00 bits per heavy atom. The summed E-state index contributed by atoms with van der Waals surface area (Å²) in [6.45, 7) is 2.33. The lowest BCUT2D eigenvalue weighted by Crippen LogP contribution is -2.30. The Bertz CT molecular complexity index is 435. The fraction of sp³-hybridized carbons (Fsp3) is 0.455. The summed E-state index contributed by atoms with van der Waals surface area (Å²) in [5.74, 6) is 0.706. The van der Waals surface area contributed by atoms with Gasteiger partial charge in [0.05, 0.1) is 6.61 Å². The molecule has 0 saturated carbocycles. The standard InChI is InChI=1S/C11H15ClN4O/c1-17-6-8-2-4-16(5-3-8)11-9(13)10(12)14-7-15-11/h2,7H,3-6,13H2,1H3. The number of hydrogen-bond donors (Lipinski definition) is 1. The van der Waals surface area contributed by atoms with Gasteiger partial charge >= 0.3 is 0 Å².